The summed E-state index contributed by atoms with van der Waals surface area (Å²) in [6, 6.07) is 15.5. The summed E-state index contributed by atoms with van der Waals surface area (Å²) in [7, 11) is 0. The van der Waals surface area contributed by atoms with Crippen LogP contribution in [-0.4, -0.2) is 27.0 Å². The van der Waals surface area contributed by atoms with E-state index in [1.54, 1.807) is 0 Å². The molecule has 0 radical (unpaired) electrons. The van der Waals surface area contributed by atoms with Crippen molar-refractivity contribution in [3.05, 3.63) is 76.0 Å². The van der Waals surface area contributed by atoms with Crippen molar-refractivity contribution >= 4 is 22.5 Å². The predicted molar refractivity (Wildman–Crippen MR) is 97.7 cm³/mol. The van der Waals surface area contributed by atoms with Crippen LogP contribution in [0.5, 0.6) is 0 Å². The summed E-state index contributed by atoms with van der Waals surface area (Å²) in [5, 5.41) is 24.6. The number of fused-ring (bicyclic) bond motifs is 1. The monoisotopic (exact) mass is 353 g/mol. The van der Waals surface area contributed by atoms with Crippen LogP contribution in [0.2, 0.25) is 0 Å². The Hall–Kier alpha value is -3.19. The fraction of sp³-hybridized carbons (Fsp3) is 0.211. The molecule has 3 rings (SSSR count). The van der Waals surface area contributed by atoms with Gasteiger partial charge in [0, 0.05) is 29.9 Å². The van der Waals surface area contributed by atoms with E-state index in [1.807, 2.05) is 41.8 Å². The Morgan fingerprint density at radius 3 is 2.62 bits per heavy atom. The number of non-ortho nitro benzene ring substituents is 1. The van der Waals surface area contributed by atoms with Crippen LogP contribution in [0.15, 0.2) is 54.6 Å². The molecule has 1 heterocycles. The van der Waals surface area contributed by atoms with Crippen molar-refractivity contribution in [2.24, 2.45) is 0 Å². The van der Waals surface area contributed by atoms with Crippen molar-refractivity contribution in [2.75, 3.05) is 6.54 Å². The molecule has 0 aliphatic heterocycles. The van der Waals surface area contributed by atoms with E-state index in [9.17, 15) is 20.0 Å². The average Bonchev–Trinajstić information content (AvgIpc) is 2.95. The second-order valence-corrected chi connectivity index (χ2v) is 6.10. The highest BCUT2D eigenvalue weighted by molar-refractivity contribution is 5.84. The molecule has 0 spiro atoms. The summed E-state index contributed by atoms with van der Waals surface area (Å²) in [5.74, 6) is -0.213. The van der Waals surface area contributed by atoms with Gasteiger partial charge in [-0.1, -0.05) is 18.2 Å². The SMILES string of the molecule is Cc1cc2ccccc2n1CC(=O)NCC(O)c1ccc([N+](=O)[O-])cc1. The van der Waals surface area contributed by atoms with Gasteiger partial charge in [0.2, 0.25) is 5.91 Å². The van der Waals surface area contributed by atoms with E-state index in [-0.39, 0.29) is 24.7 Å². The molecule has 1 aromatic heterocycles. The van der Waals surface area contributed by atoms with E-state index in [1.165, 1.54) is 24.3 Å². The number of nitrogens with zero attached hydrogens (tertiary/aromatic N) is 2. The lowest BCUT2D eigenvalue weighted by molar-refractivity contribution is -0.384. The normalized spacial score (nSPS) is 12.1. The van der Waals surface area contributed by atoms with Crippen molar-refractivity contribution < 1.29 is 14.8 Å². The first-order chi connectivity index (χ1) is 12.5. The second-order valence-electron chi connectivity index (χ2n) is 6.10. The molecule has 1 atom stereocenters. The molecule has 0 fully saturated rings. The zero-order valence-electron chi connectivity index (χ0n) is 14.3. The van der Waals surface area contributed by atoms with Gasteiger partial charge >= 0.3 is 0 Å². The summed E-state index contributed by atoms with van der Waals surface area (Å²) in [4.78, 5) is 22.4. The fourth-order valence-electron chi connectivity index (χ4n) is 2.90. The minimum absolute atomic E-state index is 0.0366. The number of amides is 1. The Balaban J connectivity index is 1.61. The van der Waals surface area contributed by atoms with Crippen molar-refractivity contribution in [3.63, 3.8) is 0 Å². The summed E-state index contributed by atoms with van der Waals surface area (Å²) in [6.45, 7) is 2.14. The zero-order chi connectivity index (χ0) is 18.7. The molecule has 7 nitrogen and oxygen atoms in total. The number of nitro benzene ring substituents is 1. The van der Waals surface area contributed by atoms with Gasteiger partial charge in [-0.05, 0) is 42.1 Å². The molecule has 134 valence electrons. The number of aryl methyl sites for hydroxylation is 1. The van der Waals surface area contributed by atoms with Crippen molar-refractivity contribution in [1.82, 2.24) is 9.88 Å². The van der Waals surface area contributed by atoms with E-state index in [4.69, 9.17) is 0 Å². The highest BCUT2D eigenvalue weighted by Gasteiger charge is 2.13. The molecule has 0 aliphatic carbocycles. The molecule has 26 heavy (non-hydrogen) atoms. The third-order valence-corrected chi connectivity index (χ3v) is 4.30. The standard InChI is InChI=1S/C19H19N3O4/c1-13-10-15-4-2-3-5-17(15)21(13)12-19(24)20-11-18(23)14-6-8-16(9-7-14)22(25)26/h2-10,18,23H,11-12H2,1H3,(H,20,24). The third-order valence-electron chi connectivity index (χ3n) is 4.30. The first kappa shape index (κ1) is 17.6. The van der Waals surface area contributed by atoms with E-state index in [0.717, 1.165) is 16.6 Å². The number of carbonyl (C=O) groups is 1. The van der Waals surface area contributed by atoms with Crippen LogP contribution < -0.4 is 5.32 Å². The number of hydrogen-bond donors (Lipinski definition) is 2. The third kappa shape index (κ3) is 3.73. The number of aromatic nitrogens is 1. The molecular formula is C19H19N3O4. The number of rotatable bonds is 6. The van der Waals surface area contributed by atoms with Crippen LogP contribution in [0.4, 0.5) is 5.69 Å². The Bertz CT molecular complexity index is 947. The lowest BCUT2D eigenvalue weighted by Gasteiger charge is -2.13. The molecule has 7 heteroatoms. The molecule has 3 aromatic rings. The molecule has 1 amide bonds. The number of nitro groups is 1. The molecule has 2 N–H and O–H groups in total. The number of benzene rings is 2. The highest BCUT2D eigenvalue weighted by atomic mass is 16.6. The summed E-state index contributed by atoms with van der Waals surface area (Å²) < 4.78 is 1.92. The summed E-state index contributed by atoms with van der Waals surface area (Å²) in [6.07, 6.45) is -0.928. The van der Waals surface area contributed by atoms with Gasteiger partial charge in [0.25, 0.3) is 5.69 Å². The molecule has 2 aromatic carbocycles. The van der Waals surface area contributed by atoms with Crippen LogP contribution >= 0.6 is 0 Å². The molecule has 0 bridgehead atoms. The first-order valence-corrected chi connectivity index (χ1v) is 8.19. The maximum Gasteiger partial charge on any atom is 0.269 e. The van der Waals surface area contributed by atoms with Crippen LogP contribution in [0.1, 0.15) is 17.4 Å². The second kappa shape index (κ2) is 7.37. The van der Waals surface area contributed by atoms with Gasteiger partial charge in [0.15, 0.2) is 0 Å². The van der Waals surface area contributed by atoms with Crippen LogP contribution in [0.3, 0.4) is 0 Å². The van der Waals surface area contributed by atoms with Gasteiger partial charge in [-0.3, -0.25) is 14.9 Å². The minimum atomic E-state index is -0.928. The van der Waals surface area contributed by atoms with Crippen molar-refractivity contribution in [1.29, 1.82) is 0 Å². The fourth-order valence-corrected chi connectivity index (χ4v) is 2.90. The Labute approximate surface area is 150 Å². The summed E-state index contributed by atoms with van der Waals surface area (Å²) in [5.41, 5.74) is 2.44. The van der Waals surface area contributed by atoms with Gasteiger partial charge in [-0.15, -0.1) is 0 Å². The maximum absolute atomic E-state index is 12.3. The molecule has 1 unspecified atom stereocenters. The van der Waals surface area contributed by atoms with Gasteiger partial charge in [-0.2, -0.15) is 0 Å². The number of aliphatic hydroxyl groups excluding tert-OH is 1. The highest BCUT2D eigenvalue weighted by Crippen LogP contribution is 2.19. The van der Waals surface area contributed by atoms with E-state index in [0.29, 0.717) is 5.56 Å². The molecule has 0 saturated heterocycles. The summed E-state index contributed by atoms with van der Waals surface area (Å²) >= 11 is 0. The minimum Gasteiger partial charge on any atom is -0.387 e. The first-order valence-electron chi connectivity index (χ1n) is 8.19. The zero-order valence-corrected chi connectivity index (χ0v) is 14.3. The Morgan fingerprint density at radius 1 is 1.23 bits per heavy atom. The number of aliphatic hydroxyl groups is 1. The molecule has 0 aliphatic rings. The number of carbonyl (C=O) groups excluding carboxylic acids is 1. The topological polar surface area (TPSA) is 97.4 Å². The van der Waals surface area contributed by atoms with Gasteiger partial charge in [-0.25, -0.2) is 0 Å². The quantitative estimate of drug-likeness (QED) is 0.526. The van der Waals surface area contributed by atoms with Crippen LogP contribution in [0.25, 0.3) is 10.9 Å². The average molecular weight is 353 g/mol. The predicted octanol–water partition coefficient (Wildman–Crippen LogP) is 2.71. The maximum atomic E-state index is 12.3. The van der Waals surface area contributed by atoms with Gasteiger partial charge in [0.1, 0.15) is 6.54 Å². The van der Waals surface area contributed by atoms with Crippen molar-refractivity contribution in [3.8, 4) is 0 Å². The van der Waals surface area contributed by atoms with E-state index < -0.39 is 11.0 Å². The molecule has 0 saturated carbocycles. The lowest BCUT2D eigenvalue weighted by Crippen LogP contribution is -2.31. The lowest BCUT2D eigenvalue weighted by atomic mass is 10.1. The van der Waals surface area contributed by atoms with Gasteiger partial charge in [0.05, 0.1) is 11.0 Å². The van der Waals surface area contributed by atoms with E-state index >= 15 is 0 Å². The Kier molecular flexibility index (Phi) is 4.99. The molecular weight excluding hydrogens is 334 g/mol. The van der Waals surface area contributed by atoms with Gasteiger partial charge < -0.3 is 15.0 Å². The van der Waals surface area contributed by atoms with Crippen LogP contribution in [-0.2, 0) is 11.3 Å². The largest absolute Gasteiger partial charge is 0.387 e. The number of para-hydroxylation sites is 1. The number of hydrogen-bond acceptors (Lipinski definition) is 4. The smallest absolute Gasteiger partial charge is 0.269 e. The number of nitrogens with one attached hydrogen (secondary N) is 1. The van der Waals surface area contributed by atoms with Crippen LogP contribution in [0, 0.1) is 17.0 Å². The van der Waals surface area contributed by atoms with Crippen molar-refractivity contribution in [2.45, 2.75) is 19.6 Å². The van der Waals surface area contributed by atoms with E-state index in [2.05, 4.69) is 5.32 Å². The Morgan fingerprint density at radius 2 is 1.92 bits per heavy atom.